The normalized spacial score (nSPS) is 11.5. The van der Waals surface area contributed by atoms with Crippen LogP contribution in [0.2, 0.25) is 0 Å². The Morgan fingerprint density at radius 3 is 2.34 bits per heavy atom. The molecule has 0 aliphatic rings. The summed E-state index contributed by atoms with van der Waals surface area (Å²) >= 11 is 0. The summed E-state index contributed by atoms with van der Waals surface area (Å²) in [6.45, 7) is 0.840. The Morgan fingerprint density at radius 2 is 1.76 bits per heavy atom. The minimum Gasteiger partial charge on any atom is -0.454 e. The van der Waals surface area contributed by atoms with Crippen LogP contribution in [0.5, 0.6) is 0 Å². The van der Waals surface area contributed by atoms with E-state index in [9.17, 15) is 9.59 Å². The Morgan fingerprint density at radius 1 is 1.10 bits per heavy atom. The third-order valence-electron chi connectivity index (χ3n) is 3.88. The predicted molar refractivity (Wildman–Crippen MR) is 109 cm³/mol. The molecule has 2 rings (SSSR count). The van der Waals surface area contributed by atoms with E-state index in [0.717, 1.165) is 5.69 Å². The molecule has 2 aromatic rings. The number of hydrogen-bond donors (Lipinski definition) is 1. The lowest BCUT2D eigenvalue weighted by Crippen LogP contribution is -2.17. The lowest BCUT2D eigenvalue weighted by Gasteiger charge is -2.11. The molecule has 0 saturated heterocycles. The molecule has 8 heteroatoms. The average molecular weight is 391 g/mol. The maximum atomic E-state index is 12.4. The summed E-state index contributed by atoms with van der Waals surface area (Å²) in [6.07, 6.45) is 0. The zero-order valence-electron chi connectivity index (χ0n) is 16.4. The van der Waals surface area contributed by atoms with Crippen molar-refractivity contribution in [1.29, 1.82) is 5.26 Å². The molecule has 2 aromatic carbocycles. The highest BCUT2D eigenvalue weighted by molar-refractivity contribution is 6.02. The quantitative estimate of drug-likeness (QED) is 0.333. The van der Waals surface area contributed by atoms with Gasteiger partial charge in [-0.2, -0.15) is 10.4 Å². The van der Waals surface area contributed by atoms with Crippen molar-refractivity contribution >= 4 is 28.8 Å². The van der Waals surface area contributed by atoms with Gasteiger partial charge in [-0.1, -0.05) is 12.1 Å². The molecular weight excluding hydrogens is 370 g/mol. The van der Waals surface area contributed by atoms with Crippen molar-refractivity contribution in [1.82, 2.24) is 0 Å². The monoisotopic (exact) mass is 391 g/mol. The van der Waals surface area contributed by atoms with E-state index in [0.29, 0.717) is 11.4 Å². The molecule has 8 nitrogen and oxygen atoms in total. The van der Waals surface area contributed by atoms with Crippen molar-refractivity contribution in [3.8, 4) is 6.07 Å². The molecule has 0 aromatic heterocycles. The number of anilines is 1. The number of carbonyl (C=O) groups is 2. The number of nitrogens with zero attached hydrogens (tertiary/aromatic N) is 4. The summed E-state index contributed by atoms with van der Waals surface area (Å²) in [5.41, 5.74) is 7.42. The van der Waals surface area contributed by atoms with Gasteiger partial charge in [0.1, 0.15) is 17.3 Å². The molecule has 0 bridgehead atoms. The number of ketones is 1. The van der Waals surface area contributed by atoms with Gasteiger partial charge in [0.2, 0.25) is 5.78 Å². The molecule has 148 valence electrons. The first-order valence-electron chi connectivity index (χ1n) is 8.68. The average Bonchev–Trinajstić information content (AvgIpc) is 2.71. The largest absolute Gasteiger partial charge is 0.454 e. The molecule has 0 heterocycles. The third kappa shape index (κ3) is 5.74. The molecule has 0 atom stereocenters. The van der Waals surface area contributed by atoms with Crippen molar-refractivity contribution in [2.45, 2.75) is 6.92 Å². The number of nitriles is 1. The topological polar surface area (TPSA) is 121 Å². The van der Waals surface area contributed by atoms with Crippen LogP contribution in [-0.2, 0) is 9.53 Å². The highest BCUT2D eigenvalue weighted by atomic mass is 16.5. The summed E-state index contributed by atoms with van der Waals surface area (Å²) < 4.78 is 5.02. The van der Waals surface area contributed by atoms with Gasteiger partial charge in [-0.25, -0.2) is 4.79 Å². The Balaban J connectivity index is 2.13. The molecule has 0 amide bonds. The third-order valence-corrected chi connectivity index (χ3v) is 3.88. The number of hydrogen-bond acceptors (Lipinski definition) is 8. The number of ether oxygens (including phenoxy) is 1. The molecule has 0 radical (unpaired) electrons. The zero-order chi connectivity index (χ0) is 21.4. The van der Waals surface area contributed by atoms with E-state index in [-0.39, 0.29) is 16.8 Å². The van der Waals surface area contributed by atoms with Gasteiger partial charge in [-0.15, -0.1) is 5.11 Å². The summed E-state index contributed by atoms with van der Waals surface area (Å²) in [5.74, 6) is -1.41. The van der Waals surface area contributed by atoms with Crippen LogP contribution in [0.25, 0.3) is 0 Å². The number of rotatable bonds is 7. The number of nitrogens with two attached hydrogens (primary N) is 1. The molecule has 0 spiro atoms. The predicted octanol–water partition coefficient (Wildman–Crippen LogP) is 3.65. The van der Waals surface area contributed by atoms with E-state index in [1.54, 1.807) is 24.3 Å². The molecule has 0 unspecified atom stereocenters. The highest BCUT2D eigenvalue weighted by Gasteiger charge is 2.17. The van der Waals surface area contributed by atoms with E-state index >= 15 is 0 Å². The fourth-order valence-electron chi connectivity index (χ4n) is 2.31. The summed E-state index contributed by atoms with van der Waals surface area (Å²) in [5, 5.41) is 17.2. The Bertz CT molecular complexity index is 998. The van der Waals surface area contributed by atoms with Crippen LogP contribution >= 0.6 is 0 Å². The number of Topliss-reactive ketones (excluding diaryl/α,β-unsaturated/α-hetero) is 1. The number of allylic oxidation sites excluding steroid dienone is 1. The molecule has 2 N–H and O–H groups in total. The maximum Gasteiger partial charge on any atom is 0.340 e. The van der Waals surface area contributed by atoms with Crippen LogP contribution in [0.15, 0.2) is 70.0 Å². The number of carbonyl (C=O) groups excluding carboxylic acids is 2. The Hall–Kier alpha value is -3.99. The summed E-state index contributed by atoms with van der Waals surface area (Å²) in [6, 6.07) is 15.6. The summed E-state index contributed by atoms with van der Waals surface area (Å²) in [7, 11) is 3.88. The van der Waals surface area contributed by atoms with Crippen molar-refractivity contribution in [2.24, 2.45) is 16.0 Å². The zero-order valence-corrected chi connectivity index (χ0v) is 16.4. The van der Waals surface area contributed by atoms with Crippen molar-refractivity contribution in [2.75, 3.05) is 25.6 Å². The molecule has 29 heavy (non-hydrogen) atoms. The van der Waals surface area contributed by atoms with Gasteiger partial charge in [0, 0.05) is 25.5 Å². The van der Waals surface area contributed by atoms with E-state index in [1.165, 1.54) is 13.0 Å². The Labute approximate surface area is 168 Å². The van der Waals surface area contributed by atoms with E-state index < -0.39 is 18.4 Å². The van der Waals surface area contributed by atoms with Gasteiger partial charge in [0.05, 0.1) is 11.3 Å². The standard InChI is InChI=1S/C21H21N5O3/c1-14(23)18(12-22)20(27)13-29-21(28)17-6-4-5-7-19(17)25-24-15-8-10-16(11-9-15)26(2)3/h4-11H,13,23H2,1-3H3/b18-14+,25-24?. The van der Waals surface area contributed by atoms with Crippen molar-refractivity contribution in [3.05, 3.63) is 65.4 Å². The minimum atomic E-state index is -0.747. The lowest BCUT2D eigenvalue weighted by molar-refractivity contribution is -0.118. The second-order valence-electron chi connectivity index (χ2n) is 6.30. The lowest BCUT2D eigenvalue weighted by atomic mass is 10.1. The van der Waals surface area contributed by atoms with Crippen LogP contribution < -0.4 is 10.6 Å². The van der Waals surface area contributed by atoms with Gasteiger partial charge in [-0.3, -0.25) is 4.79 Å². The van der Waals surface area contributed by atoms with Gasteiger partial charge in [0.25, 0.3) is 0 Å². The highest BCUT2D eigenvalue weighted by Crippen LogP contribution is 2.24. The first kappa shape index (κ1) is 21.3. The molecule has 0 aliphatic heterocycles. The molecule has 0 fully saturated rings. The van der Waals surface area contributed by atoms with Gasteiger partial charge < -0.3 is 15.4 Å². The fourth-order valence-corrected chi connectivity index (χ4v) is 2.31. The summed E-state index contributed by atoms with van der Waals surface area (Å²) in [4.78, 5) is 26.3. The van der Waals surface area contributed by atoms with E-state index in [2.05, 4.69) is 10.2 Å². The van der Waals surface area contributed by atoms with Crippen LogP contribution in [0.3, 0.4) is 0 Å². The number of benzene rings is 2. The van der Waals surface area contributed by atoms with Gasteiger partial charge >= 0.3 is 5.97 Å². The number of esters is 1. The smallest absolute Gasteiger partial charge is 0.340 e. The Kier molecular flexibility index (Phi) is 7.20. The minimum absolute atomic E-state index is 0.0723. The molecular formula is C21H21N5O3. The van der Waals surface area contributed by atoms with Gasteiger partial charge in [0.15, 0.2) is 6.61 Å². The first-order chi connectivity index (χ1) is 13.8. The van der Waals surface area contributed by atoms with Crippen LogP contribution in [0.4, 0.5) is 17.1 Å². The maximum absolute atomic E-state index is 12.4. The van der Waals surface area contributed by atoms with E-state index in [4.69, 9.17) is 15.7 Å². The first-order valence-corrected chi connectivity index (χ1v) is 8.68. The number of azo groups is 1. The van der Waals surface area contributed by atoms with Crippen LogP contribution in [0, 0.1) is 11.3 Å². The second-order valence-corrected chi connectivity index (χ2v) is 6.30. The van der Waals surface area contributed by atoms with Crippen molar-refractivity contribution < 1.29 is 14.3 Å². The SMILES string of the molecule is C/C(N)=C(/C#N)C(=O)COC(=O)c1ccccc1N=Nc1ccc(N(C)C)cc1. The van der Waals surface area contributed by atoms with E-state index in [1.807, 2.05) is 43.3 Å². The molecule has 0 aliphatic carbocycles. The van der Waals surface area contributed by atoms with Crippen LogP contribution in [-0.4, -0.2) is 32.5 Å². The fraction of sp³-hybridized carbons (Fsp3) is 0.190. The van der Waals surface area contributed by atoms with Crippen molar-refractivity contribution in [3.63, 3.8) is 0 Å². The second kappa shape index (κ2) is 9.80. The van der Waals surface area contributed by atoms with Crippen LogP contribution in [0.1, 0.15) is 17.3 Å². The molecule has 0 saturated carbocycles. The van der Waals surface area contributed by atoms with Gasteiger partial charge in [-0.05, 0) is 43.3 Å².